The molecule has 0 amide bonds. The molecule has 1 aliphatic heterocycles. The maximum atomic E-state index is 4.29. The summed E-state index contributed by atoms with van der Waals surface area (Å²) in [4.78, 5) is 6.39. The Morgan fingerprint density at radius 1 is 1.11 bits per heavy atom. The summed E-state index contributed by atoms with van der Waals surface area (Å²) in [7, 11) is 4.10. The number of benzene rings is 1. The van der Waals surface area contributed by atoms with Gasteiger partial charge in [-0.25, -0.2) is 0 Å². The summed E-state index contributed by atoms with van der Waals surface area (Å²) >= 11 is 0. The minimum Gasteiger partial charge on any atom is -1.00 e. The Kier molecular flexibility index (Phi) is 6.56. The van der Waals surface area contributed by atoms with E-state index in [0.29, 0.717) is 0 Å². The van der Waals surface area contributed by atoms with E-state index in [2.05, 4.69) is 46.3 Å². The van der Waals surface area contributed by atoms with Crippen LogP contribution in [-0.2, 0) is 0 Å². The van der Waals surface area contributed by atoms with Gasteiger partial charge >= 0.3 is 0 Å². The minimum atomic E-state index is 0. The molecule has 0 aliphatic carbocycles. The summed E-state index contributed by atoms with van der Waals surface area (Å²) in [5.74, 6) is 0. The Bertz CT molecular complexity index is 508. The highest BCUT2D eigenvalue weighted by Gasteiger charge is 2.04. The fourth-order valence-electron chi connectivity index (χ4n) is 1.72. The van der Waals surface area contributed by atoms with Gasteiger partial charge < -0.3 is 28.9 Å². The lowest BCUT2D eigenvalue weighted by molar-refractivity contribution is -0.00000369. The molecule has 3 heteroatoms. The van der Waals surface area contributed by atoms with Crippen LogP contribution in [0.15, 0.2) is 54.3 Å². The summed E-state index contributed by atoms with van der Waals surface area (Å²) in [6.07, 6.45) is 13.0. The molecule has 1 aromatic rings. The Morgan fingerprint density at radius 3 is 2.42 bits per heavy atom. The number of anilines is 1. The van der Waals surface area contributed by atoms with Gasteiger partial charge in [0.2, 0.25) is 6.21 Å². The zero-order chi connectivity index (χ0) is 12.8. The molecule has 0 saturated heterocycles. The van der Waals surface area contributed by atoms with Crippen LogP contribution in [0.4, 0.5) is 5.69 Å². The lowest BCUT2D eigenvalue weighted by Crippen LogP contribution is -3.00. The van der Waals surface area contributed by atoms with Gasteiger partial charge in [-0.3, -0.25) is 0 Å². The number of allylic oxidation sites excluding steroid dienone is 4. The molecule has 2 nitrogen and oxygen atoms in total. The van der Waals surface area contributed by atoms with E-state index >= 15 is 0 Å². The highest BCUT2D eigenvalue weighted by molar-refractivity contribution is 5.72. The third-order valence-corrected chi connectivity index (χ3v) is 2.77. The molecular formula is C16H18IN2. The van der Waals surface area contributed by atoms with Gasteiger partial charge in [-0.05, 0) is 23.8 Å². The zero-order valence-electron chi connectivity index (χ0n) is 11.3. The van der Waals surface area contributed by atoms with Crippen LogP contribution < -0.4 is 33.9 Å². The first-order chi connectivity index (χ1) is 8.75. The second kappa shape index (κ2) is 7.94. The van der Waals surface area contributed by atoms with Crippen molar-refractivity contribution in [3.8, 4) is 0 Å². The van der Waals surface area contributed by atoms with Crippen LogP contribution in [0.1, 0.15) is 12.0 Å². The molecule has 2 rings (SSSR count). The summed E-state index contributed by atoms with van der Waals surface area (Å²) in [6, 6.07) is 8.51. The Labute approximate surface area is 132 Å². The molecule has 0 unspecified atom stereocenters. The number of rotatable bonds is 4. The van der Waals surface area contributed by atoms with Crippen LogP contribution in [0.5, 0.6) is 0 Å². The van der Waals surface area contributed by atoms with Gasteiger partial charge in [0, 0.05) is 31.9 Å². The molecule has 1 aliphatic rings. The van der Waals surface area contributed by atoms with Crippen LogP contribution in [-0.4, -0.2) is 20.3 Å². The molecule has 19 heavy (non-hydrogen) atoms. The SMILES string of the molecule is CN(C)c1ccc(C=CCC2=CC=CC=[N+]2)cc1.[I-]. The molecule has 0 bridgehead atoms. The van der Waals surface area contributed by atoms with Gasteiger partial charge in [0.05, 0.1) is 11.4 Å². The number of nitrogens with zero attached hydrogens (tertiary/aromatic N) is 2. The van der Waals surface area contributed by atoms with Crippen molar-refractivity contribution in [1.29, 1.82) is 0 Å². The van der Waals surface area contributed by atoms with E-state index in [9.17, 15) is 0 Å². The highest BCUT2D eigenvalue weighted by Crippen LogP contribution is 2.13. The zero-order valence-corrected chi connectivity index (χ0v) is 13.4. The maximum Gasteiger partial charge on any atom is 0.257 e. The van der Waals surface area contributed by atoms with Gasteiger partial charge in [-0.2, -0.15) is 0 Å². The average molecular weight is 365 g/mol. The predicted molar refractivity (Wildman–Crippen MR) is 79.8 cm³/mol. The summed E-state index contributed by atoms with van der Waals surface area (Å²) < 4.78 is 0. The number of halogens is 1. The first-order valence-corrected chi connectivity index (χ1v) is 6.09. The number of hydrogen-bond donors (Lipinski definition) is 0. The van der Waals surface area contributed by atoms with Gasteiger partial charge in [0.15, 0.2) is 0 Å². The van der Waals surface area contributed by atoms with Crippen molar-refractivity contribution < 1.29 is 24.0 Å². The topological polar surface area (TPSA) is 17.3 Å². The fraction of sp³-hybridized carbons (Fsp3) is 0.188. The third-order valence-electron chi connectivity index (χ3n) is 2.77. The molecule has 1 heterocycles. The first-order valence-electron chi connectivity index (χ1n) is 6.09. The molecule has 0 aromatic heterocycles. The van der Waals surface area contributed by atoms with E-state index in [4.69, 9.17) is 0 Å². The van der Waals surface area contributed by atoms with E-state index in [0.717, 1.165) is 12.1 Å². The predicted octanol–water partition coefficient (Wildman–Crippen LogP) is 0.0202. The highest BCUT2D eigenvalue weighted by atomic mass is 127. The van der Waals surface area contributed by atoms with Crippen molar-refractivity contribution >= 4 is 18.0 Å². The lowest BCUT2D eigenvalue weighted by atomic mass is 10.1. The van der Waals surface area contributed by atoms with E-state index in [1.54, 1.807) is 0 Å². The van der Waals surface area contributed by atoms with Crippen molar-refractivity contribution in [3.05, 3.63) is 59.8 Å². The van der Waals surface area contributed by atoms with E-state index in [-0.39, 0.29) is 24.0 Å². The van der Waals surface area contributed by atoms with Crippen molar-refractivity contribution in [1.82, 2.24) is 4.99 Å². The molecule has 0 atom stereocenters. The molecule has 0 fully saturated rings. The molecule has 99 valence electrons. The van der Waals surface area contributed by atoms with Crippen LogP contribution in [0.3, 0.4) is 0 Å². The largest absolute Gasteiger partial charge is 1.00 e. The Hall–Kier alpha value is -1.36. The quantitative estimate of drug-likeness (QED) is 0.688. The van der Waals surface area contributed by atoms with Crippen molar-refractivity contribution in [2.45, 2.75) is 6.42 Å². The molecule has 1 aromatic carbocycles. The van der Waals surface area contributed by atoms with Crippen LogP contribution in [0.25, 0.3) is 6.08 Å². The van der Waals surface area contributed by atoms with Crippen molar-refractivity contribution in [2.24, 2.45) is 0 Å². The van der Waals surface area contributed by atoms with Gasteiger partial charge in [0.1, 0.15) is 0 Å². The Morgan fingerprint density at radius 2 is 1.84 bits per heavy atom. The van der Waals surface area contributed by atoms with E-state index < -0.39 is 0 Å². The summed E-state index contributed by atoms with van der Waals surface area (Å²) in [5.41, 5.74) is 3.53. The second-order valence-electron chi connectivity index (χ2n) is 4.41. The fourth-order valence-corrected chi connectivity index (χ4v) is 1.72. The summed E-state index contributed by atoms with van der Waals surface area (Å²) in [6.45, 7) is 0. The second-order valence-corrected chi connectivity index (χ2v) is 4.41. The Balaban J connectivity index is 0.00000180. The average Bonchev–Trinajstić information content (AvgIpc) is 2.40. The van der Waals surface area contributed by atoms with Crippen LogP contribution >= 0.6 is 0 Å². The van der Waals surface area contributed by atoms with Crippen molar-refractivity contribution in [2.75, 3.05) is 19.0 Å². The normalized spacial score (nSPS) is 13.3. The van der Waals surface area contributed by atoms with Gasteiger partial charge in [-0.1, -0.05) is 24.3 Å². The summed E-state index contributed by atoms with van der Waals surface area (Å²) in [5, 5.41) is 0. The maximum absolute atomic E-state index is 4.29. The molecule has 1 radical (unpaired) electrons. The standard InChI is InChI=1S/C16H18N2.HI/c1-18(2)16-11-9-14(10-12-16)6-5-8-15-7-3-4-13-17-15;/h3-7,9-13H,8H2,1-2H3;1H/q+1;/p-1. The van der Waals surface area contributed by atoms with Gasteiger partial charge in [-0.15, -0.1) is 0 Å². The number of aliphatic imine (C=N–C) groups is 1. The molecule has 0 N–H and O–H groups in total. The van der Waals surface area contributed by atoms with Crippen LogP contribution in [0, 0.1) is 0 Å². The van der Waals surface area contributed by atoms with Gasteiger partial charge in [0.25, 0.3) is 5.70 Å². The lowest BCUT2D eigenvalue weighted by Gasteiger charge is -2.11. The first kappa shape index (κ1) is 15.7. The minimum absolute atomic E-state index is 0. The monoisotopic (exact) mass is 365 g/mol. The molecular weight excluding hydrogens is 347 g/mol. The third kappa shape index (κ3) is 5.03. The van der Waals surface area contributed by atoms with Crippen molar-refractivity contribution in [3.63, 3.8) is 0 Å². The van der Waals surface area contributed by atoms with Crippen LogP contribution in [0.2, 0.25) is 0 Å². The molecule has 0 spiro atoms. The number of hydrogen-bond acceptors (Lipinski definition) is 2. The van der Waals surface area contributed by atoms with E-state index in [1.165, 1.54) is 11.3 Å². The molecule has 0 saturated carbocycles. The van der Waals surface area contributed by atoms with E-state index in [1.807, 2.05) is 38.5 Å². The smallest absolute Gasteiger partial charge is 0.257 e.